The third-order valence-corrected chi connectivity index (χ3v) is 4.93. The van der Waals surface area contributed by atoms with Gasteiger partial charge in [0.15, 0.2) is 0 Å². The summed E-state index contributed by atoms with van der Waals surface area (Å²) in [5.74, 6) is 0. The molecule has 1 aliphatic carbocycles. The van der Waals surface area contributed by atoms with Crippen LogP contribution in [0.1, 0.15) is 19.3 Å². The van der Waals surface area contributed by atoms with Gasteiger partial charge >= 0.3 is 0 Å². The molecule has 3 N–H and O–H groups in total. The van der Waals surface area contributed by atoms with Crippen molar-refractivity contribution in [2.24, 2.45) is 16.2 Å². The van der Waals surface area contributed by atoms with Crippen molar-refractivity contribution >= 4 is 0 Å². The molecular weight excluding hydrogens is 206 g/mol. The largest absolute Gasteiger partial charge is 0.396 e. The van der Waals surface area contributed by atoms with Gasteiger partial charge in [0, 0.05) is 55.7 Å². The van der Waals surface area contributed by atoms with Crippen molar-refractivity contribution in [3.63, 3.8) is 0 Å². The van der Waals surface area contributed by atoms with E-state index < -0.39 is 0 Å². The van der Waals surface area contributed by atoms with E-state index in [4.69, 9.17) is 0 Å². The molecule has 0 aromatic carbocycles. The Morgan fingerprint density at radius 2 is 1.00 bits per heavy atom. The Balaban J connectivity index is 1.99. The van der Waals surface area contributed by atoms with E-state index in [1.165, 1.54) is 0 Å². The highest BCUT2D eigenvalue weighted by Crippen LogP contribution is 2.61. The van der Waals surface area contributed by atoms with Crippen LogP contribution in [0.15, 0.2) is 0 Å². The number of hydrogen-bond acceptors (Lipinski definition) is 4. The molecule has 4 rings (SSSR count). The summed E-state index contributed by atoms with van der Waals surface area (Å²) in [4.78, 5) is 2.33. The van der Waals surface area contributed by atoms with Crippen LogP contribution in [0.4, 0.5) is 0 Å². The van der Waals surface area contributed by atoms with Gasteiger partial charge in [0.05, 0.1) is 0 Å². The molecule has 3 saturated heterocycles. The maximum atomic E-state index is 9.66. The van der Waals surface area contributed by atoms with Crippen molar-refractivity contribution < 1.29 is 15.3 Å². The number of aliphatic hydroxyl groups is 3. The van der Waals surface area contributed by atoms with Crippen LogP contribution in [0.25, 0.3) is 0 Å². The normalized spacial score (nSPS) is 54.6. The van der Waals surface area contributed by atoms with Gasteiger partial charge in [0.1, 0.15) is 0 Å². The maximum Gasteiger partial charge on any atom is 0.0500 e. The molecular formula is C12H21NO3. The molecule has 3 aliphatic heterocycles. The second-order valence-electron chi connectivity index (χ2n) is 6.65. The lowest BCUT2D eigenvalue weighted by molar-refractivity contribution is -0.208. The highest BCUT2D eigenvalue weighted by Gasteiger charge is 2.62. The highest BCUT2D eigenvalue weighted by atomic mass is 16.3. The molecule has 4 bridgehead atoms. The van der Waals surface area contributed by atoms with Crippen LogP contribution in [-0.4, -0.2) is 59.7 Å². The fourth-order valence-electron chi connectivity index (χ4n) is 4.99. The van der Waals surface area contributed by atoms with E-state index in [0.29, 0.717) is 0 Å². The average molecular weight is 227 g/mol. The number of aliphatic hydroxyl groups excluding tert-OH is 3. The zero-order valence-corrected chi connectivity index (χ0v) is 9.65. The van der Waals surface area contributed by atoms with E-state index >= 15 is 0 Å². The van der Waals surface area contributed by atoms with E-state index in [0.717, 1.165) is 38.9 Å². The summed E-state index contributed by atoms with van der Waals surface area (Å²) < 4.78 is 0. The summed E-state index contributed by atoms with van der Waals surface area (Å²) in [7, 11) is 0. The molecule has 1 saturated carbocycles. The minimum Gasteiger partial charge on any atom is -0.396 e. The summed E-state index contributed by atoms with van der Waals surface area (Å²) in [6.45, 7) is 3.38. The third-order valence-electron chi connectivity index (χ3n) is 4.93. The van der Waals surface area contributed by atoms with Gasteiger partial charge in [-0.15, -0.1) is 0 Å². The Bertz CT molecular complexity index is 251. The molecule has 0 aromatic rings. The van der Waals surface area contributed by atoms with E-state index in [1.54, 1.807) is 0 Å². The highest BCUT2D eigenvalue weighted by molar-refractivity contribution is 5.13. The first-order valence-corrected chi connectivity index (χ1v) is 6.14. The van der Waals surface area contributed by atoms with E-state index in [-0.39, 0.29) is 36.1 Å². The monoisotopic (exact) mass is 227 g/mol. The number of rotatable bonds is 3. The second-order valence-corrected chi connectivity index (χ2v) is 6.65. The Morgan fingerprint density at radius 3 is 1.25 bits per heavy atom. The topological polar surface area (TPSA) is 63.9 Å². The molecule has 0 unspecified atom stereocenters. The molecule has 4 fully saturated rings. The Morgan fingerprint density at radius 1 is 0.688 bits per heavy atom. The molecule has 4 heteroatoms. The number of nitrogens with zero attached hydrogens (tertiary/aromatic N) is 1. The average Bonchev–Trinajstić information content (AvgIpc) is 2.28. The standard InChI is InChI=1S/C12H21NO3/c14-7-10-1-11(8-15)3-12(2-10,9-16)6-13(4-10)5-11/h14-16H,1-9H2. The van der Waals surface area contributed by atoms with Crippen LogP contribution >= 0.6 is 0 Å². The first-order valence-electron chi connectivity index (χ1n) is 6.14. The molecule has 0 atom stereocenters. The van der Waals surface area contributed by atoms with Crippen LogP contribution in [0, 0.1) is 16.2 Å². The zero-order chi connectivity index (χ0) is 11.4. The molecule has 0 amide bonds. The molecule has 0 radical (unpaired) electrons. The Kier molecular flexibility index (Phi) is 2.19. The SMILES string of the molecule is OCC12CN3CC(CO)(C1)CC(CO)(C3)C2. The van der Waals surface area contributed by atoms with Crippen LogP contribution in [-0.2, 0) is 0 Å². The lowest BCUT2D eigenvalue weighted by Gasteiger charge is -2.66. The third kappa shape index (κ3) is 1.30. The maximum absolute atomic E-state index is 9.66. The van der Waals surface area contributed by atoms with Gasteiger partial charge in [-0.25, -0.2) is 0 Å². The van der Waals surface area contributed by atoms with Crippen molar-refractivity contribution in [2.75, 3.05) is 39.5 Å². The van der Waals surface area contributed by atoms with Gasteiger partial charge in [-0.2, -0.15) is 0 Å². The van der Waals surface area contributed by atoms with Gasteiger partial charge in [-0.1, -0.05) is 0 Å². The lowest BCUT2D eigenvalue weighted by Crippen LogP contribution is -2.70. The molecule has 3 heterocycles. The van der Waals surface area contributed by atoms with E-state index in [2.05, 4.69) is 4.90 Å². The summed E-state index contributed by atoms with van der Waals surface area (Å²) in [6.07, 6.45) is 2.77. The predicted octanol–water partition coefficient (Wildman–Crippen LogP) is -0.564. The van der Waals surface area contributed by atoms with Crippen molar-refractivity contribution in [1.82, 2.24) is 4.90 Å². The van der Waals surface area contributed by atoms with Gasteiger partial charge in [0.25, 0.3) is 0 Å². The zero-order valence-electron chi connectivity index (χ0n) is 9.65. The van der Waals surface area contributed by atoms with Crippen LogP contribution in [0.5, 0.6) is 0 Å². The van der Waals surface area contributed by atoms with E-state index in [1.807, 2.05) is 0 Å². The molecule has 0 spiro atoms. The quantitative estimate of drug-likeness (QED) is 0.604. The van der Waals surface area contributed by atoms with Crippen molar-refractivity contribution in [3.05, 3.63) is 0 Å². The van der Waals surface area contributed by atoms with Gasteiger partial charge in [-0.05, 0) is 19.3 Å². The summed E-state index contributed by atoms with van der Waals surface area (Å²) in [6, 6.07) is 0. The van der Waals surface area contributed by atoms with Gasteiger partial charge < -0.3 is 20.2 Å². The summed E-state index contributed by atoms with van der Waals surface area (Å²) in [5.41, 5.74) is -0.208. The fourth-order valence-corrected chi connectivity index (χ4v) is 4.99. The molecule has 0 aromatic heterocycles. The minimum absolute atomic E-state index is 0.0692. The number of piperidine rings is 3. The first kappa shape index (κ1) is 11.0. The fraction of sp³-hybridized carbons (Fsp3) is 1.00. The molecule has 4 aliphatic rings. The summed E-state index contributed by atoms with van der Waals surface area (Å²) in [5, 5.41) is 29.0. The van der Waals surface area contributed by atoms with Crippen molar-refractivity contribution in [2.45, 2.75) is 19.3 Å². The second kappa shape index (κ2) is 3.19. The van der Waals surface area contributed by atoms with Crippen LogP contribution in [0.2, 0.25) is 0 Å². The Hall–Kier alpha value is -0.160. The van der Waals surface area contributed by atoms with Crippen LogP contribution in [0.3, 0.4) is 0 Å². The van der Waals surface area contributed by atoms with Crippen molar-refractivity contribution in [3.8, 4) is 0 Å². The lowest BCUT2D eigenvalue weighted by atomic mass is 9.48. The van der Waals surface area contributed by atoms with Gasteiger partial charge in [0.2, 0.25) is 0 Å². The van der Waals surface area contributed by atoms with Crippen molar-refractivity contribution in [1.29, 1.82) is 0 Å². The van der Waals surface area contributed by atoms with Gasteiger partial charge in [-0.3, -0.25) is 0 Å². The molecule has 4 nitrogen and oxygen atoms in total. The predicted molar refractivity (Wildman–Crippen MR) is 58.8 cm³/mol. The number of hydrogen-bond donors (Lipinski definition) is 3. The minimum atomic E-state index is -0.0692. The van der Waals surface area contributed by atoms with E-state index in [9.17, 15) is 15.3 Å². The first-order chi connectivity index (χ1) is 7.59. The smallest absolute Gasteiger partial charge is 0.0500 e. The molecule has 16 heavy (non-hydrogen) atoms. The van der Waals surface area contributed by atoms with Crippen LogP contribution < -0.4 is 0 Å². The molecule has 92 valence electrons. The summed E-state index contributed by atoms with van der Waals surface area (Å²) >= 11 is 0. The Labute approximate surface area is 95.9 Å².